The van der Waals surface area contributed by atoms with E-state index in [0.29, 0.717) is 33.8 Å². The molecule has 5 heteroatoms. The maximum atomic E-state index is 14.7. The van der Waals surface area contributed by atoms with Crippen LogP contribution in [0.5, 0.6) is 11.5 Å². The highest BCUT2D eigenvalue weighted by molar-refractivity contribution is 5.89. The third-order valence-corrected chi connectivity index (χ3v) is 5.68. The number of esters is 2. The predicted molar refractivity (Wildman–Crippen MR) is 165 cm³/mol. The first-order valence-corrected chi connectivity index (χ1v) is 13.1. The van der Waals surface area contributed by atoms with Gasteiger partial charge >= 0.3 is 11.9 Å². The summed E-state index contributed by atoms with van der Waals surface area (Å²) in [6, 6.07) is 25.6. The van der Waals surface area contributed by atoms with Crippen molar-refractivity contribution in [1.29, 1.82) is 0 Å². The Labute approximate surface area is 250 Å². The number of halogens is 1. The van der Waals surface area contributed by atoms with Crippen molar-refractivity contribution in [2.24, 2.45) is 0 Å². The Kier molecular flexibility index (Phi) is 9.73. The molecule has 0 bridgehead atoms. The number of carbonyl (C=O) groups excluding carboxylic acids is 2. The molecule has 0 spiro atoms. The Balaban J connectivity index is 1.41. The van der Waals surface area contributed by atoms with E-state index in [2.05, 4.69) is 48.7 Å². The second-order valence-corrected chi connectivity index (χ2v) is 9.42. The topological polar surface area (TPSA) is 52.6 Å². The molecular weight excluding hydrogens is 539 g/mol. The lowest BCUT2D eigenvalue weighted by atomic mass is 10.1. The molecule has 0 aliphatic carbocycles. The van der Waals surface area contributed by atoms with Gasteiger partial charge in [0.25, 0.3) is 0 Å². The van der Waals surface area contributed by atoms with Crippen molar-refractivity contribution in [3.05, 3.63) is 154 Å². The molecule has 0 atom stereocenters. The normalized spacial score (nSPS) is 9.56. The van der Waals surface area contributed by atoms with E-state index in [0.717, 1.165) is 11.1 Å². The molecule has 0 aliphatic heterocycles. The molecule has 43 heavy (non-hydrogen) atoms. The maximum Gasteiger partial charge on any atom is 0.338 e. The highest BCUT2D eigenvalue weighted by atomic mass is 19.1. The summed E-state index contributed by atoms with van der Waals surface area (Å²) < 4.78 is 25.2. The minimum absolute atomic E-state index is 0.220. The van der Waals surface area contributed by atoms with Gasteiger partial charge in [0.2, 0.25) is 0 Å². The molecule has 0 amide bonds. The smallest absolute Gasteiger partial charge is 0.338 e. The molecule has 0 fully saturated rings. The van der Waals surface area contributed by atoms with E-state index in [4.69, 9.17) is 9.47 Å². The van der Waals surface area contributed by atoms with Crippen molar-refractivity contribution in [2.75, 3.05) is 0 Å². The average molecular weight is 565 g/mol. The van der Waals surface area contributed by atoms with Crippen LogP contribution in [0.15, 0.2) is 115 Å². The molecule has 0 radical (unpaired) electrons. The summed E-state index contributed by atoms with van der Waals surface area (Å²) in [6.07, 6.45) is 0. The van der Waals surface area contributed by atoms with E-state index >= 15 is 0 Å². The molecule has 0 aromatic heterocycles. The Morgan fingerprint density at radius 2 is 0.953 bits per heavy atom. The van der Waals surface area contributed by atoms with E-state index in [1.807, 2.05) is 30.3 Å². The van der Waals surface area contributed by atoms with Crippen molar-refractivity contribution in [2.45, 2.75) is 13.8 Å². The quantitative estimate of drug-likeness (QED) is 0.116. The summed E-state index contributed by atoms with van der Waals surface area (Å²) in [5.41, 5.74) is 4.12. The standard InChI is InChI=1S/C38H25FO4/c1-26(2)37(40)42-34-9-5-7-30(23-34)17-15-28-11-13-29(14-12-28)16-18-32-20-22-33(36(39)25-32)21-19-31-8-6-10-35(24-31)43-38(41)27(3)4/h5-14,20,22-25H,1,3H2,2,4H3. The van der Waals surface area contributed by atoms with Gasteiger partial charge in [-0.25, -0.2) is 14.0 Å². The van der Waals surface area contributed by atoms with Gasteiger partial charge in [-0.05, 0) is 92.7 Å². The van der Waals surface area contributed by atoms with Crippen LogP contribution in [0.25, 0.3) is 0 Å². The number of hydrogen-bond donors (Lipinski definition) is 0. The Bertz CT molecular complexity index is 1930. The van der Waals surface area contributed by atoms with E-state index < -0.39 is 17.8 Å². The zero-order valence-corrected chi connectivity index (χ0v) is 23.6. The Morgan fingerprint density at radius 3 is 1.40 bits per heavy atom. The van der Waals surface area contributed by atoms with Crippen LogP contribution in [-0.4, -0.2) is 11.9 Å². The van der Waals surface area contributed by atoms with Gasteiger partial charge in [-0.3, -0.25) is 0 Å². The molecule has 0 aliphatic rings. The summed E-state index contributed by atoms with van der Waals surface area (Å²) >= 11 is 0. The molecule has 4 rings (SSSR count). The Hall–Kier alpha value is -6.09. The van der Waals surface area contributed by atoms with Gasteiger partial charge in [-0.15, -0.1) is 0 Å². The van der Waals surface area contributed by atoms with Gasteiger partial charge in [0.15, 0.2) is 0 Å². The first kappa shape index (κ1) is 29.9. The average Bonchev–Trinajstić information content (AvgIpc) is 2.99. The number of rotatable bonds is 4. The molecule has 0 unspecified atom stereocenters. The molecule has 0 heterocycles. The summed E-state index contributed by atoms with van der Waals surface area (Å²) in [4.78, 5) is 23.5. The highest BCUT2D eigenvalue weighted by Crippen LogP contribution is 2.16. The molecule has 4 nitrogen and oxygen atoms in total. The number of carbonyl (C=O) groups is 2. The molecular formula is C38H25FO4. The lowest BCUT2D eigenvalue weighted by Crippen LogP contribution is -2.08. The number of ether oxygens (including phenoxy) is 2. The van der Waals surface area contributed by atoms with Gasteiger partial charge in [-0.1, -0.05) is 60.8 Å². The molecule has 0 saturated heterocycles. The lowest BCUT2D eigenvalue weighted by Gasteiger charge is -2.03. The van der Waals surface area contributed by atoms with E-state index in [1.165, 1.54) is 6.07 Å². The van der Waals surface area contributed by atoms with Crippen molar-refractivity contribution in [3.8, 4) is 47.0 Å². The summed E-state index contributed by atoms with van der Waals surface area (Å²) in [5, 5.41) is 0. The molecule has 0 N–H and O–H groups in total. The summed E-state index contributed by atoms with van der Waals surface area (Å²) in [5.74, 6) is 17.0. The predicted octanol–water partition coefficient (Wildman–Crippen LogP) is 6.99. The second-order valence-electron chi connectivity index (χ2n) is 9.42. The second kappa shape index (κ2) is 14.0. The minimum atomic E-state index is -0.527. The van der Waals surface area contributed by atoms with Crippen LogP contribution in [0, 0.1) is 41.3 Å². The van der Waals surface area contributed by atoms with Crippen LogP contribution in [0.2, 0.25) is 0 Å². The van der Waals surface area contributed by atoms with Gasteiger partial charge in [0, 0.05) is 39.0 Å². The van der Waals surface area contributed by atoms with Gasteiger partial charge < -0.3 is 9.47 Å². The van der Waals surface area contributed by atoms with Crippen molar-refractivity contribution in [3.63, 3.8) is 0 Å². The first-order valence-electron chi connectivity index (χ1n) is 13.1. The minimum Gasteiger partial charge on any atom is -0.423 e. The third kappa shape index (κ3) is 8.95. The van der Waals surface area contributed by atoms with Crippen LogP contribution in [0.1, 0.15) is 47.2 Å². The van der Waals surface area contributed by atoms with E-state index in [1.54, 1.807) is 68.4 Å². The van der Waals surface area contributed by atoms with E-state index in [-0.39, 0.29) is 11.1 Å². The molecule has 0 saturated carbocycles. The fraction of sp³-hybridized carbons (Fsp3) is 0.0526. The molecule has 208 valence electrons. The Morgan fingerprint density at radius 1 is 0.558 bits per heavy atom. The van der Waals surface area contributed by atoms with Crippen LogP contribution < -0.4 is 9.47 Å². The lowest BCUT2D eigenvalue weighted by molar-refractivity contribution is -0.130. The third-order valence-electron chi connectivity index (χ3n) is 5.68. The first-order chi connectivity index (χ1) is 20.7. The monoisotopic (exact) mass is 564 g/mol. The van der Waals surface area contributed by atoms with Crippen molar-refractivity contribution < 1.29 is 23.5 Å². The van der Waals surface area contributed by atoms with Crippen LogP contribution in [0.4, 0.5) is 4.39 Å². The fourth-order valence-corrected chi connectivity index (χ4v) is 3.42. The van der Waals surface area contributed by atoms with E-state index in [9.17, 15) is 14.0 Å². The zero-order chi connectivity index (χ0) is 30.8. The summed E-state index contributed by atoms with van der Waals surface area (Å²) in [7, 11) is 0. The van der Waals surface area contributed by atoms with Gasteiger partial charge in [0.05, 0.1) is 5.56 Å². The molecule has 4 aromatic carbocycles. The summed E-state index contributed by atoms with van der Waals surface area (Å²) in [6.45, 7) is 10.3. The zero-order valence-electron chi connectivity index (χ0n) is 23.6. The van der Waals surface area contributed by atoms with Crippen molar-refractivity contribution in [1.82, 2.24) is 0 Å². The maximum absolute atomic E-state index is 14.7. The van der Waals surface area contributed by atoms with Crippen LogP contribution in [-0.2, 0) is 9.59 Å². The fourth-order valence-electron chi connectivity index (χ4n) is 3.42. The van der Waals surface area contributed by atoms with Gasteiger partial charge in [-0.2, -0.15) is 0 Å². The van der Waals surface area contributed by atoms with Crippen LogP contribution in [0.3, 0.4) is 0 Å². The number of hydrogen-bond acceptors (Lipinski definition) is 4. The largest absolute Gasteiger partial charge is 0.423 e. The van der Waals surface area contributed by atoms with Crippen LogP contribution >= 0.6 is 0 Å². The highest BCUT2D eigenvalue weighted by Gasteiger charge is 2.06. The van der Waals surface area contributed by atoms with Crippen molar-refractivity contribution >= 4 is 11.9 Å². The number of benzene rings is 4. The SMILES string of the molecule is C=C(C)C(=O)Oc1cccc(C#Cc2ccc(C#Cc3ccc(C#Cc4cccc(OC(=O)C(=C)C)c4)c(F)c3)cc2)c1. The van der Waals surface area contributed by atoms with Gasteiger partial charge in [0.1, 0.15) is 17.3 Å². The molecule has 4 aromatic rings.